The van der Waals surface area contributed by atoms with Crippen LogP contribution in [-0.2, 0) is 9.59 Å². The van der Waals surface area contributed by atoms with E-state index in [4.69, 9.17) is 0 Å². The molecule has 3 aliphatic heterocycles. The number of hydrogen-bond donors (Lipinski definition) is 3. The second kappa shape index (κ2) is 13.7. The maximum absolute atomic E-state index is 13.7. The molecule has 3 heterocycles. The Labute approximate surface area is 270 Å². The van der Waals surface area contributed by atoms with Gasteiger partial charge in [-0.05, 0) is 82.3 Å². The number of likely N-dealkylation sites (N-methyl/N-ethyl adjacent to an activating group) is 1. The summed E-state index contributed by atoms with van der Waals surface area (Å²) in [5, 5.41) is 8.94. The van der Waals surface area contributed by atoms with Crippen molar-refractivity contribution in [3.63, 3.8) is 0 Å². The Balaban J connectivity index is 1.20. The first-order valence-electron chi connectivity index (χ1n) is 15.7. The van der Waals surface area contributed by atoms with Gasteiger partial charge >= 0.3 is 6.03 Å². The fraction of sp³-hybridized carbons (Fsp3) is 0.400. The van der Waals surface area contributed by atoms with Crippen LogP contribution < -0.4 is 16.0 Å². The number of aliphatic imine (C=N–C) groups is 1. The highest BCUT2D eigenvalue weighted by atomic mass is 16.2. The molecule has 11 heteroatoms. The SMILES string of the molecule is C=CC(=O)Nc1ccc(C(=O)N2CCCC(C(=O)NC3=NCC4=C3CN(C(=O)N[C@H](CN(C)C)c3ccccc3)C4(C)C)C2)cc1. The Kier molecular flexibility index (Phi) is 9.71. The van der Waals surface area contributed by atoms with E-state index in [1.807, 2.05) is 68.1 Å². The van der Waals surface area contributed by atoms with E-state index >= 15 is 0 Å². The first-order chi connectivity index (χ1) is 22.0. The molecule has 2 aromatic rings. The summed E-state index contributed by atoms with van der Waals surface area (Å²) in [5.74, 6) is -0.542. The summed E-state index contributed by atoms with van der Waals surface area (Å²) < 4.78 is 0. The molecule has 0 spiro atoms. The second-order valence-corrected chi connectivity index (χ2v) is 12.8. The topological polar surface area (TPSA) is 126 Å². The average molecular weight is 626 g/mol. The number of nitrogens with one attached hydrogen (secondary N) is 3. The van der Waals surface area contributed by atoms with Crippen LogP contribution in [0, 0.1) is 5.92 Å². The molecule has 2 atom stereocenters. The Morgan fingerprint density at radius 2 is 1.78 bits per heavy atom. The number of carbonyl (C=O) groups is 4. The lowest BCUT2D eigenvalue weighted by Gasteiger charge is -2.36. The minimum absolute atomic E-state index is 0.162. The molecule has 0 aliphatic carbocycles. The molecule has 0 radical (unpaired) electrons. The van der Waals surface area contributed by atoms with Crippen LogP contribution in [0.3, 0.4) is 0 Å². The third-order valence-electron chi connectivity index (χ3n) is 8.97. The van der Waals surface area contributed by atoms with Crippen molar-refractivity contribution in [3.05, 3.63) is 89.5 Å². The van der Waals surface area contributed by atoms with Gasteiger partial charge in [-0.2, -0.15) is 0 Å². The van der Waals surface area contributed by atoms with Crippen molar-refractivity contribution in [3.8, 4) is 0 Å². The smallest absolute Gasteiger partial charge is 0.318 e. The van der Waals surface area contributed by atoms with Crippen LogP contribution in [0.1, 0.15) is 48.7 Å². The molecule has 0 saturated carbocycles. The fourth-order valence-corrected chi connectivity index (χ4v) is 6.36. The van der Waals surface area contributed by atoms with Crippen molar-refractivity contribution in [2.24, 2.45) is 10.9 Å². The number of hydrogen-bond acceptors (Lipinski definition) is 6. The Morgan fingerprint density at radius 3 is 2.46 bits per heavy atom. The summed E-state index contributed by atoms with van der Waals surface area (Å²) in [4.78, 5) is 62.3. The van der Waals surface area contributed by atoms with E-state index in [0.717, 1.165) is 16.7 Å². The molecule has 11 nitrogen and oxygen atoms in total. The first-order valence-corrected chi connectivity index (χ1v) is 15.7. The van der Waals surface area contributed by atoms with E-state index in [-0.39, 0.29) is 35.7 Å². The number of benzene rings is 2. The van der Waals surface area contributed by atoms with Crippen LogP contribution in [-0.4, -0.2) is 96.6 Å². The third kappa shape index (κ3) is 7.04. The summed E-state index contributed by atoms with van der Waals surface area (Å²) >= 11 is 0. The number of likely N-dealkylation sites (tertiary alicyclic amines) is 1. The predicted molar refractivity (Wildman–Crippen MR) is 178 cm³/mol. The van der Waals surface area contributed by atoms with Crippen molar-refractivity contribution < 1.29 is 19.2 Å². The summed E-state index contributed by atoms with van der Waals surface area (Å²) in [7, 11) is 3.96. The van der Waals surface area contributed by atoms with Gasteiger partial charge in [-0.3, -0.25) is 19.4 Å². The van der Waals surface area contributed by atoms with Crippen LogP contribution in [0.5, 0.6) is 0 Å². The van der Waals surface area contributed by atoms with Gasteiger partial charge in [-0.15, -0.1) is 0 Å². The van der Waals surface area contributed by atoms with E-state index < -0.39 is 5.54 Å². The van der Waals surface area contributed by atoms with Gasteiger partial charge in [0, 0.05) is 36.5 Å². The number of rotatable bonds is 8. The van der Waals surface area contributed by atoms with E-state index in [1.54, 1.807) is 29.2 Å². The number of anilines is 1. The minimum atomic E-state index is -0.577. The van der Waals surface area contributed by atoms with Crippen molar-refractivity contribution in [2.75, 3.05) is 52.1 Å². The number of carbonyl (C=O) groups excluding carboxylic acids is 4. The highest BCUT2D eigenvalue weighted by Crippen LogP contribution is 2.38. The standard InChI is InChI=1S/C35H43N7O4/c1-6-30(43)37-26-16-14-24(15-17-26)33(45)41-18-10-13-25(20-41)32(44)39-31-27-21-42(35(2,3)28(27)19-36-31)34(46)38-29(22-40(4)5)23-11-8-7-9-12-23/h6-9,11-12,14-17,25,29H,1,10,13,18-22H2,2-5H3,(H,37,43)(H,38,46)(H,36,39,44)/t25?,29-/m1/s1. The van der Waals surface area contributed by atoms with Gasteiger partial charge in [0.05, 0.1) is 30.6 Å². The minimum Gasteiger partial charge on any atom is -0.338 e. The lowest BCUT2D eigenvalue weighted by atomic mass is 9.94. The van der Waals surface area contributed by atoms with Gasteiger partial charge < -0.3 is 30.7 Å². The van der Waals surface area contributed by atoms with E-state index in [2.05, 4.69) is 27.5 Å². The number of nitrogens with zero attached hydrogens (tertiary/aromatic N) is 4. The molecular weight excluding hydrogens is 582 g/mol. The molecule has 242 valence electrons. The van der Waals surface area contributed by atoms with Gasteiger partial charge in [0.2, 0.25) is 11.8 Å². The molecule has 2 aromatic carbocycles. The maximum Gasteiger partial charge on any atom is 0.318 e. The molecule has 0 aromatic heterocycles. The number of urea groups is 1. The Hall–Kier alpha value is -4.77. The molecule has 1 fully saturated rings. The second-order valence-electron chi connectivity index (χ2n) is 12.8. The van der Waals surface area contributed by atoms with Gasteiger partial charge in [-0.1, -0.05) is 36.9 Å². The van der Waals surface area contributed by atoms with Gasteiger partial charge in [0.15, 0.2) is 0 Å². The van der Waals surface area contributed by atoms with Crippen LogP contribution in [0.2, 0.25) is 0 Å². The van der Waals surface area contributed by atoms with Crippen molar-refractivity contribution in [2.45, 2.75) is 38.3 Å². The van der Waals surface area contributed by atoms with Crippen LogP contribution in [0.15, 0.2) is 83.4 Å². The predicted octanol–water partition coefficient (Wildman–Crippen LogP) is 3.59. The number of piperidine rings is 1. The van der Waals surface area contributed by atoms with Crippen LogP contribution >= 0.6 is 0 Å². The van der Waals surface area contributed by atoms with E-state index in [1.165, 1.54) is 6.08 Å². The molecule has 1 unspecified atom stereocenters. The highest BCUT2D eigenvalue weighted by Gasteiger charge is 2.46. The molecule has 3 aliphatic rings. The first kappa shape index (κ1) is 32.6. The molecule has 5 amide bonds. The largest absolute Gasteiger partial charge is 0.338 e. The van der Waals surface area contributed by atoms with Crippen molar-refractivity contribution >= 4 is 35.3 Å². The Bertz CT molecular complexity index is 1560. The molecule has 46 heavy (non-hydrogen) atoms. The normalized spacial score (nSPS) is 19.3. The number of amidine groups is 1. The van der Waals surface area contributed by atoms with Crippen LogP contribution in [0.25, 0.3) is 0 Å². The summed E-state index contributed by atoms with van der Waals surface area (Å²) in [5.41, 5.74) is 3.41. The van der Waals surface area contributed by atoms with Crippen molar-refractivity contribution in [1.82, 2.24) is 25.3 Å². The number of amides is 5. The van der Waals surface area contributed by atoms with Gasteiger partial charge in [0.1, 0.15) is 5.84 Å². The summed E-state index contributed by atoms with van der Waals surface area (Å²) in [6.45, 7) is 9.74. The molecule has 5 rings (SSSR count). The molecule has 0 bridgehead atoms. The Morgan fingerprint density at radius 1 is 1.07 bits per heavy atom. The fourth-order valence-electron chi connectivity index (χ4n) is 6.36. The zero-order valence-corrected chi connectivity index (χ0v) is 27.0. The monoisotopic (exact) mass is 625 g/mol. The van der Waals surface area contributed by atoms with Gasteiger partial charge in [-0.25, -0.2) is 4.79 Å². The quantitative estimate of drug-likeness (QED) is 0.387. The average Bonchev–Trinajstić information content (AvgIpc) is 3.58. The highest BCUT2D eigenvalue weighted by molar-refractivity contribution is 6.11. The molecular formula is C35H43N7O4. The lowest BCUT2D eigenvalue weighted by Crippen LogP contribution is -2.52. The third-order valence-corrected chi connectivity index (χ3v) is 8.97. The van der Waals surface area contributed by atoms with Crippen molar-refractivity contribution in [1.29, 1.82) is 0 Å². The lowest BCUT2D eigenvalue weighted by molar-refractivity contribution is -0.124. The van der Waals surface area contributed by atoms with E-state index in [0.29, 0.717) is 62.7 Å². The maximum atomic E-state index is 13.7. The summed E-state index contributed by atoms with van der Waals surface area (Å²) in [6, 6.07) is 16.3. The summed E-state index contributed by atoms with van der Waals surface area (Å²) in [6.07, 6.45) is 2.55. The molecule has 1 saturated heterocycles. The van der Waals surface area contributed by atoms with Crippen LogP contribution in [0.4, 0.5) is 10.5 Å². The van der Waals surface area contributed by atoms with Gasteiger partial charge in [0.25, 0.3) is 5.91 Å². The zero-order valence-electron chi connectivity index (χ0n) is 27.0. The molecule has 3 N–H and O–H groups in total. The zero-order chi connectivity index (χ0) is 33.0. The van der Waals surface area contributed by atoms with E-state index in [9.17, 15) is 19.2 Å².